The number of rotatable bonds is 3. The Morgan fingerprint density at radius 1 is 1.18 bits per heavy atom. The highest BCUT2D eigenvalue weighted by atomic mass is 16.3. The van der Waals surface area contributed by atoms with E-state index in [2.05, 4.69) is 49.6 Å². The van der Waals surface area contributed by atoms with Gasteiger partial charge in [0.15, 0.2) is 0 Å². The highest BCUT2D eigenvalue weighted by Crippen LogP contribution is 2.29. The fraction of sp³-hybridized carbons (Fsp3) is 0.467. The SMILES string of the molecule is Cc1c(CC(C)O)c2ccccc2n1C(C)C. The minimum absolute atomic E-state index is 0.292. The number of nitrogens with zero attached hydrogens (tertiary/aromatic N) is 1. The van der Waals surface area contributed by atoms with Crippen molar-refractivity contribution < 1.29 is 5.11 Å². The third-order valence-electron chi connectivity index (χ3n) is 3.30. The molecule has 0 aliphatic carbocycles. The van der Waals surface area contributed by atoms with Crippen molar-refractivity contribution in [1.82, 2.24) is 4.57 Å². The van der Waals surface area contributed by atoms with Gasteiger partial charge >= 0.3 is 0 Å². The minimum atomic E-state index is -0.292. The maximum Gasteiger partial charge on any atom is 0.0553 e. The van der Waals surface area contributed by atoms with E-state index in [4.69, 9.17) is 0 Å². The quantitative estimate of drug-likeness (QED) is 0.860. The van der Waals surface area contributed by atoms with Crippen LogP contribution in [0.4, 0.5) is 0 Å². The van der Waals surface area contributed by atoms with E-state index >= 15 is 0 Å². The Morgan fingerprint density at radius 3 is 2.41 bits per heavy atom. The molecule has 1 atom stereocenters. The van der Waals surface area contributed by atoms with Gasteiger partial charge in [-0.25, -0.2) is 0 Å². The Labute approximate surface area is 103 Å². The third kappa shape index (κ3) is 2.09. The van der Waals surface area contributed by atoms with Crippen LogP contribution in [0.15, 0.2) is 24.3 Å². The summed E-state index contributed by atoms with van der Waals surface area (Å²) < 4.78 is 2.35. The Balaban J connectivity index is 2.70. The highest BCUT2D eigenvalue weighted by Gasteiger charge is 2.16. The second-order valence-electron chi connectivity index (χ2n) is 5.10. The van der Waals surface area contributed by atoms with E-state index in [-0.39, 0.29) is 6.10 Å². The lowest BCUT2D eigenvalue weighted by Crippen LogP contribution is -2.07. The second kappa shape index (κ2) is 4.53. The first kappa shape index (κ1) is 12.2. The number of para-hydroxylation sites is 1. The van der Waals surface area contributed by atoms with Gasteiger partial charge in [0, 0.05) is 29.1 Å². The molecule has 1 aromatic heterocycles. The summed E-state index contributed by atoms with van der Waals surface area (Å²) in [5, 5.41) is 10.9. The van der Waals surface area contributed by atoms with Crippen LogP contribution in [0.2, 0.25) is 0 Å². The third-order valence-corrected chi connectivity index (χ3v) is 3.30. The van der Waals surface area contributed by atoms with E-state index in [1.165, 1.54) is 22.2 Å². The van der Waals surface area contributed by atoms with Crippen molar-refractivity contribution >= 4 is 10.9 Å². The number of hydrogen-bond acceptors (Lipinski definition) is 1. The zero-order chi connectivity index (χ0) is 12.6. The Kier molecular flexibility index (Phi) is 3.25. The summed E-state index contributed by atoms with van der Waals surface area (Å²) in [6.45, 7) is 8.40. The lowest BCUT2D eigenvalue weighted by molar-refractivity contribution is 0.195. The van der Waals surface area contributed by atoms with Crippen LogP contribution >= 0.6 is 0 Å². The largest absolute Gasteiger partial charge is 0.393 e. The normalized spacial score (nSPS) is 13.5. The summed E-state index contributed by atoms with van der Waals surface area (Å²) in [6, 6.07) is 8.90. The van der Waals surface area contributed by atoms with Crippen LogP contribution < -0.4 is 0 Å². The van der Waals surface area contributed by atoms with E-state index in [0.29, 0.717) is 6.04 Å². The fourth-order valence-electron chi connectivity index (χ4n) is 2.68. The molecule has 1 unspecified atom stereocenters. The zero-order valence-electron chi connectivity index (χ0n) is 11.1. The molecule has 0 bridgehead atoms. The van der Waals surface area contributed by atoms with Crippen molar-refractivity contribution in [2.24, 2.45) is 0 Å². The van der Waals surface area contributed by atoms with E-state index in [0.717, 1.165) is 6.42 Å². The monoisotopic (exact) mass is 231 g/mol. The van der Waals surface area contributed by atoms with Crippen LogP contribution in [0.5, 0.6) is 0 Å². The molecule has 0 saturated heterocycles. The van der Waals surface area contributed by atoms with Gasteiger partial charge in [0.1, 0.15) is 0 Å². The average molecular weight is 231 g/mol. The maximum absolute atomic E-state index is 9.63. The summed E-state index contributed by atoms with van der Waals surface area (Å²) in [4.78, 5) is 0. The van der Waals surface area contributed by atoms with Crippen molar-refractivity contribution in [1.29, 1.82) is 0 Å². The number of aliphatic hydroxyl groups excluding tert-OH is 1. The first-order valence-corrected chi connectivity index (χ1v) is 6.28. The molecule has 0 fully saturated rings. The van der Waals surface area contributed by atoms with Crippen LogP contribution in [-0.2, 0) is 6.42 Å². The van der Waals surface area contributed by atoms with Crippen LogP contribution in [0, 0.1) is 6.92 Å². The predicted molar refractivity (Wildman–Crippen MR) is 72.4 cm³/mol. The van der Waals surface area contributed by atoms with Crippen LogP contribution in [0.3, 0.4) is 0 Å². The van der Waals surface area contributed by atoms with Crippen molar-refractivity contribution in [3.05, 3.63) is 35.5 Å². The van der Waals surface area contributed by atoms with Crippen molar-refractivity contribution in [2.45, 2.75) is 46.3 Å². The molecule has 17 heavy (non-hydrogen) atoms. The second-order valence-corrected chi connectivity index (χ2v) is 5.10. The van der Waals surface area contributed by atoms with Gasteiger partial charge < -0.3 is 9.67 Å². The van der Waals surface area contributed by atoms with Gasteiger partial charge in [0.25, 0.3) is 0 Å². The number of aliphatic hydroxyl groups is 1. The molecule has 2 aromatic rings. The molecule has 92 valence electrons. The molecule has 0 radical (unpaired) electrons. The minimum Gasteiger partial charge on any atom is -0.393 e. The van der Waals surface area contributed by atoms with Crippen molar-refractivity contribution in [3.63, 3.8) is 0 Å². The van der Waals surface area contributed by atoms with E-state index < -0.39 is 0 Å². The van der Waals surface area contributed by atoms with Gasteiger partial charge in [0.2, 0.25) is 0 Å². The molecule has 0 aliphatic rings. The molecule has 2 nitrogen and oxygen atoms in total. The molecule has 1 heterocycles. The fourth-order valence-corrected chi connectivity index (χ4v) is 2.68. The molecule has 2 heteroatoms. The maximum atomic E-state index is 9.63. The van der Waals surface area contributed by atoms with E-state index in [1.54, 1.807) is 0 Å². The van der Waals surface area contributed by atoms with Gasteiger partial charge in [-0.2, -0.15) is 0 Å². The van der Waals surface area contributed by atoms with Crippen LogP contribution in [0.25, 0.3) is 10.9 Å². The van der Waals surface area contributed by atoms with Crippen LogP contribution in [0.1, 0.15) is 38.1 Å². The number of hydrogen-bond donors (Lipinski definition) is 1. The number of benzene rings is 1. The first-order valence-electron chi connectivity index (χ1n) is 6.28. The summed E-state index contributed by atoms with van der Waals surface area (Å²) in [6.07, 6.45) is 0.437. The topological polar surface area (TPSA) is 25.2 Å². The van der Waals surface area contributed by atoms with Gasteiger partial charge in [-0.15, -0.1) is 0 Å². The molecular formula is C15H21NO. The summed E-state index contributed by atoms with van der Waals surface area (Å²) in [5.74, 6) is 0. The highest BCUT2D eigenvalue weighted by molar-refractivity contribution is 5.85. The summed E-state index contributed by atoms with van der Waals surface area (Å²) in [5.41, 5.74) is 3.84. The molecular weight excluding hydrogens is 210 g/mol. The zero-order valence-corrected chi connectivity index (χ0v) is 11.1. The standard InChI is InChI=1S/C15H21NO/c1-10(2)16-12(4)14(9-11(3)17)13-7-5-6-8-15(13)16/h5-8,10-11,17H,9H2,1-4H3. The van der Waals surface area contributed by atoms with Gasteiger partial charge in [-0.1, -0.05) is 18.2 Å². The van der Waals surface area contributed by atoms with E-state index in [9.17, 15) is 5.11 Å². The molecule has 1 N–H and O–H groups in total. The average Bonchev–Trinajstić information content (AvgIpc) is 2.52. The molecule has 0 saturated carbocycles. The molecule has 1 aromatic carbocycles. The lowest BCUT2D eigenvalue weighted by atomic mass is 10.1. The predicted octanol–water partition coefficient (Wildman–Crippen LogP) is 3.45. The van der Waals surface area contributed by atoms with Crippen LogP contribution in [-0.4, -0.2) is 15.8 Å². The Hall–Kier alpha value is -1.28. The Bertz CT molecular complexity index is 523. The Morgan fingerprint density at radius 2 is 1.82 bits per heavy atom. The molecule has 0 amide bonds. The number of aromatic nitrogens is 1. The summed E-state index contributed by atoms with van der Waals surface area (Å²) >= 11 is 0. The molecule has 0 aliphatic heterocycles. The van der Waals surface area contributed by atoms with E-state index in [1.807, 2.05) is 6.92 Å². The number of fused-ring (bicyclic) bond motifs is 1. The van der Waals surface area contributed by atoms with Gasteiger partial charge in [-0.3, -0.25) is 0 Å². The summed E-state index contributed by atoms with van der Waals surface area (Å²) in [7, 11) is 0. The first-order chi connectivity index (χ1) is 8.02. The smallest absolute Gasteiger partial charge is 0.0553 e. The lowest BCUT2D eigenvalue weighted by Gasteiger charge is -2.13. The van der Waals surface area contributed by atoms with Gasteiger partial charge in [0.05, 0.1) is 6.10 Å². The van der Waals surface area contributed by atoms with Crippen molar-refractivity contribution in [3.8, 4) is 0 Å². The molecule has 2 rings (SSSR count). The van der Waals surface area contributed by atoms with Crippen molar-refractivity contribution in [2.75, 3.05) is 0 Å². The molecule has 0 spiro atoms. The van der Waals surface area contributed by atoms with Gasteiger partial charge in [-0.05, 0) is 39.3 Å².